The van der Waals surface area contributed by atoms with E-state index >= 15 is 0 Å². The first kappa shape index (κ1) is 17.7. The third-order valence-corrected chi connectivity index (χ3v) is 4.60. The Kier molecular flexibility index (Phi) is 6.09. The zero-order valence-corrected chi connectivity index (χ0v) is 14.2. The van der Waals surface area contributed by atoms with Gasteiger partial charge in [0.25, 0.3) is 10.0 Å². The summed E-state index contributed by atoms with van der Waals surface area (Å²) in [5, 5.41) is 0. The maximum Gasteiger partial charge on any atom is 0.261 e. The molecule has 0 amide bonds. The van der Waals surface area contributed by atoms with E-state index in [1.807, 2.05) is 30.3 Å². The Morgan fingerprint density at radius 1 is 1.00 bits per heavy atom. The first-order valence-corrected chi connectivity index (χ1v) is 9.04. The second-order valence-electron chi connectivity index (χ2n) is 5.09. The molecule has 0 aromatic heterocycles. The molecule has 0 aliphatic carbocycles. The molecule has 0 fully saturated rings. The maximum absolute atomic E-state index is 12.3. The van der Waals surface area contributed by atoms with Crippen molar-refractivity contribution in [3.05, 3.63) is 78.0 Å². The average Bonchev–Trinajstić information content (AvgIpc) is 2.60. The molecule has 0 bridgehead atoms. The van der Waals surface area contributed by atoms with Gasteiger partial charge in [-0.2, -0.15) is 0 Å². The van der Waals surface area contributed by atoms with Crippen molar-refractivity contribution >= 4 is 28.0 Å². The molecule has 5 heteroatoms. The van der Waals surface area contributed by atoms with Gasteiger partial charge in [0.2, 0.25) is 0 Å². The van der Waals surface area contributed by atoms with Crippen molar-refractivity contribution in [3.63, 3.8) is 0 Å². The van der Waals surface area contributed by atoms with Crippen LogP contribution < -0.4 is 4.72 Å². The van der Waals surface area contributed by atoms with Gasteiger partial charge in [0.15, 0.2) is 5.78 Å². The van der Waals surface area contributed by atoms with Crippen LogP contribution in [0.3, 0.4) is 0 Å². The lowest BCUT2D eigenvalue weighted by atomic mass is 10.2. The van der Waals surface area contributed by atoms with Crippen molar-refractivity contribution < 1.29 is 13.2 Å². The Hall–Kier alpha value is -2.66. The Labute approximate surface area is 142 Å². The molecular weight excluding hydrogens is 322 g/mol. The maximum atomic E-state index is 12.3. The number of rotatable bonds is 7. The molecule has 0 spiro atoms. The van der Waals surface area contributed by atoms with Crippen LogP contribution in [0.2, 0.25) is 0 Å². The highest BCUT2D eigenvalue weighted by Gasteiger charge is 2.11. The van der Waals surface area contributed by atoms with Crippen molar-refractivity contribution in [2.24, 2.45) is 0 Å². The molecular formula is C19H19NO3S. The first-order valence-electron chi connectivity index (χ1n) is 7.56. The molecule has 0 aliphatic rings. The lowest BCUT2D eigenvalue weighted by Crippen LogP contribution is -2.17. The van der Waals surface area contributed by atoms with E-state index < -0.39 is 10.0 Å². The van der Waals surface area contributed by atoms with Crippen LogP contribution in [-0.4, -0.2) is 14.2 Å². The molecule has 24 heavy (non-hydrogen) atoms. The van der Waals surface area contributed by atoms with E-state index in [9.17, 15) is 13.2 Å². The number of hydrogen-bond donors (Lipinski definition) is 1. The molecule has 0 unspecified atom stereocenters. The number of allylic oxidation sites excluding steroid dienone is 1. The number of benzene rings is 2. The van der Waals surface area contributed by atoms with E-state index in [1.54, 1.807) is 31.2 Å². The molecule has 0 saturated carbocycles. The summed E-state index contributed by atoms with van der Waals surface area (Å²) in [4.78, 5) is 11.5. The molecule has 0 atom stereocenters. The minimum Gasteiger partial charge on any atom is -0.295 e. The fourth-order valence-electron chi connectivity index (χ4n) is 1.94. The molecule has 2 aromatic rings. The van der Waals surface area contributed by atoms with Gasteiger partial charge >= 0.3 is 0 Å². The molecule has 0 saturated heterocycles. The summed E-state index contributed by atoms with van der Waals surface area (Å²) >= 11 is 0. The lowest BCUT2D eigenvalue weighted by Gasteiger charge is -2.05. The van der Waals surface area contributed by atoms with Crippen molar-refractivity contribution in [1.82, 2.24) is 4.72 Å². The van der Waals surface area contributed by atoms with E-state index in [2.05, 4.69) is 4.72 Å². The highest BCUT2D eigenvalue weighted by atomic mass is 32.2. The van der Waals surface area contributed by atoms with Crippen LogP contribution >= 0.6 is 0 Å². The number of nitrogens with one attached hydrogen (secondary N) is 1. The molecule has 2 rings (SSSR count). The van der Waals surface area contributed by atoms with E-state index in [4.69, 9.17) is 0 Å². The van der Waals surface area contributed by atoms with Gasteiger partial charge in [0.1, 0.15) is 0 Å². The third kappa shape index (κ3) is 5.21. The summed E-state index contributed by atoms with van der Waals surface area (Å²) in [6.07, 6.45) is 6.56. The van der Waals surface area contributed by atoms with Crippen molar-refractivity contribution in [1.29, 1.82) is 0 Å². The number of carbonyl (C=O) groups is 1. The van der Waals surface area contributed by atoms with Crippen LogP contribution in [0.5, 0.6) is 0 Å². The second-order valence-corrected chi connectivity index (χ2v) is 6.80. The standard InChI is InChI=1S/C19H19NO3S/c1-2-18(21)12-11-17-9-6-10-19(15-17)24(22,23)20-14-13-16-7-4-3-5-8-16/h3-15,20H,2H2,1H3/b12-11+,14-13+. The van der Waals surface area contributed by atoms with E-state index in [0.29, 0.717) is 12.0 Å². The fraction of sp³-hybridized carbons (Fsp3) is 0.105. The third-order valence-electron chi connectivity index (χ3n) is 3.28. The molecule has 0 radical (unpaired) electrons. The molecule has 0 heterocycles. The van der Waals surface area contributed by atoms with Gasteiger partial charge in [-0.05, 0) is 35.4 Å². The Morgan fingerprint density at radius 3 is 2.42 bits per heavy atom. The van der Waals surface area contributed by atoms with Gasteiger partial charge in [0.05, 0.1) is 4.90 Å². The van der Waals surface area contributed by atoms with Gasteiger partial charge in [-0.3, -0.25) is 9.52 Å². The summed E-state index contributed by atoms with van der Waals surface area (Å²) in [6, 6.07) is 15.8. The van der Waals surface area contributed by atoms with Gasteiger partial charge in [0, 0.05) is 12.6 Å². The van der Waals surface area contributed by atoms with Crippen LogP contribution in [0.15, 0.2) is 71.8 Å². The number of sulfonamides is 1. The summed E-state index contributed by atoms with van der Waals surface area (Å²) < 4.78 is 27.1. The summed E-state index contributed by atoms with van der Waals surface area (Å²) in [5.41, 5.74) is 1.56. The largest absolute Gasteiger partial charge is 0.295 e. The number of carbonyl (C=O) groups excluding carboxylic acids is 1. The molecule has 124 valence electrons. The van der Waals surface area contributed by atoms with Crippen molar-refractivity contribution in [2.75, 3.05) is 0 Å². The number of ketones is 1. The monoisotopic (exact) mass is 341 g/mol. The predicted octanol–water partition coefficient (Wildman–Crippen LogP) is 3.63. The van der Waals surface area contributed by atoms with Gasteiger partial charge in [-0.15, -0.1) is 0 Å². The van der Waals surface area contributed by atoms with E-state index in [0.717, 1.165) is 5.56 Å². The van der Waals surface area contributed by atoms with Gasteiger partial charge in [-0.1, -0.05) is 55.5 Å². The Bertz CT molecular complexity index is 853. The summed E-state index contributed by atoms with van der Waals surface area (Å²) in [5.74, 6) is -0.00724. The normalized spacial score (nSPS) is 11.9. The molecule has 0 aliphatic heterocycles. The van der Waals surface area contributed by atoms with Crippen LogP contribution in [0, 0.1) is 0 Å². The van der Waals surface area contributed by atoms with Gasteiger partial charge < -0.3 is 0 Å². The predicted molar refractivity (Wildman–Crippen MR) is 96.6 cm³/mol. The molecule has 1 N–H and O–H groups in total. The molecule has 2 aromatic carbocycles. The minimum absolute atomic E-state index is 0.00724. The van der Waals surface area contributed by atoms with Crippen molar-refractivity contribution in [3.8, 4) is 0 Å². The van der Waals surface area contributed by atoms with Crippen LogP contribution in [0.1, 0.15) is 24.5 Å². The zero-order valence-electron chi connectivity index (χ0n) is 13.3. The fourth-order valence-corrected chi connectivity index (χ4v) is 2.88. The van der Waals surface area contributed by atoms with Crippen LogP contribution in [-0.2, 0) is 14.8 Å². The Balaban J connectivity index is 2.13. The first-order chi connectivity index (χ1) is 11.5. The van der Waals surface area contributed by atoms with E-state index in [-0.39, 0.29) is 10.7 Å². The summed E-state index contributed by atoms with van der Waals surface area (Å²) in [7, 11) is -3.65. The second kappa shape index (κ2) is 8.26. The Morgan fingerprint density at radius 2 is 1.71 bits per heavy atom. The van der Waals surface area contributed by atoms with Crippen LogP contribution in [0.25, 0.3) is 12.2 Å². The summed E-state index contributed by atoms with van der Waals surface area (Å²) in [6.45, 7) is 1.77. The highest BCUT2D eigenvalue weighted by molar-refractivity contribution is 7.89. The highest BCUT2D eigenvalue weighted by Crippen LogP contribution is 2.13. The average molecular weight is 341 g/mol. The smallest absolute Gasteiger partial charge is 0.261 e. The lowest BCUT2D eigenvalue weighted by molar-refractivity contribution is -0.114. The molecule has 4 nitrogen and oxygen atoms in total. The van der Waals surface area contributed by atoms with Crippen LogP contribution in [0.4, 0.5) is 0 Å². The minimum atomic E-state index is -3.65. The topological polar surface area (TPSA) is 63.2 Å². The van der Waals surface area contributed by atoms with Crippen molar-refractivity contribution in [2.45, 2.75) is 18.2 Å². The number of hydrogen-bond acceptors (Lipinski definition) is 3. The van der Waals surface area contributed by atoms with Gasteiger partial charge in [-0.25, -0.2) is 8.42 Å². The quantitative estimate of drug-likeness (QED) is 0.782. The SMILES string of the molecule is CCC(=O)/C=C/c1cccc(S(=O)(=O)N/C=C/c2ccccc2)c1. The van der Waals surface area contributed by atoms with E-state index in [1.165, 1.54) is 24.4 Å². The zero-order chi connectivity index (χ0) is 17.4.